The molecular weight excluding hydrogens is 150 g/mol. The Labute approximate surface area is 74.9 Å². The Bertz CT molecular complexity index is 173. The van der Waals surface area contributed by atoms with Crippen molar-refractivity contribution in [3.05, 3.63) is 0 Å². The second-order valence-electron chi connectivity index (χ2n) is 4.96. The summed E-state index contributed by atoms with van der Waals surface area (Å²) in [5, 5.41) is 0. The molecule has 2 aliphatic rings. The van der Waals surface area contributed by atoms with E-state index >= 15 is 0 Å². The molecule has 12 heavy (non-hydrogen) atoms. The lowest BCUT2D eigenvalue weighted by Gasteiger charge is -2.35. The molecule has 2 heterocycles. The third kappa shape index (κ3) is 1.27. The van der Waals surface area contributed by atoms with Crippen LogP contribution in [0.15, 0.2) is 0 Å². The molecule has 0 aromatic rings. The molecule has 0 amide bonds. The van der Waals surface area contributed by atoms with E-state index in [0.29, 0.717) is 6.23 Å². The van der Waals surface area contributed by atoms with Gasteiger partial charge in [0.1, 0.15) is 6.23 Å². The fourth-order valence-corrected chi connectivity index (χ4v) is 2.40. The zero-order valence-corrected chi connectivity index (χ0v) is 8.34. The molecule has 0 aromatic heterocycles. The summed E-state index contributed by atoms with van der Waals surface area (Å²) in [4.78, 5) is 2.50. The van der Waals surface area contributed by atoms with Gasteiger partial charge < -0.3 is 4.74 Å². The Hall–Kier alpha value is -0.0800. The Morgan fingerprint density at radius 1 is 1.25 bits per heavy atom. The molecule has 0 N–H and O–H groups in total. The topological polar surface area (TPSA) is 12.5 Å². The molecule has 0 unspecified atom stereocenters. The summed E-state index contributed by atoms with van der Waals surface area (Å²) in [5.74, 6) is 0.823. The predicted molar refractivity (Wildman–Crippen MR) is 48.9 cm³/mol. The van der Waals surface area contributed by atoms with Crippen LogP contribution < -0.4 is 0 Å². The third-order valence-corrected chi connectivity index (χ3v) is 3.09. The maximum Gasteiger partial charge on any atom is 0.113 e. The molecule has 2 heteroatoms. The van der Waals surface area contributed by atoms with Gasteiger partial charge in [0.05, 0.1) is 0 Å². The molecule has 2 aliphatic heterocycles. The highest BCUT2D eigenvalue weighted by Gasteiger charge is 2.42. The van der Waals surface area contributed by atoms with E-state index in [1.165, 1.54) is 19.4 Å². The van der Waals surface area contributed by atoms with E-state index in [0.717, 1.165) is 12.5 Å². The van der Waals surface area contributed by atoms with Crippen LogP contribution in [0.5, 0.6) is 0 Å². The Morgan fingerprint density at radius 3 is 2.67 bits per heavy atom. The molecule has 0 bridgehead atoms. The van der Waals surface area contributed by atoms with E-state index in [4.69, 9.17) is 4.74 Å². The molecule has 2 fully saturated rings. The highest BCUT2D eigenvalue weighted by atomic mass is 16.5. The number of rotatable bonds is 0. The van der Waals surface area contributed by atoms with Gasteiger partial charge in [-0.15, -0.1) is 0 Å². The quantitative estimate of drug-likeness (QED) is 0.549. The van der Waals surface area contributed by atoms with Gasteiger partial charge in [0.25, 0.3) is 0 Å². The second kappa shape index (κ2) is 2.71. The first-order valence-electron chi connectivity index (χ1n) is 4.97. The summed E-state index contributed by atoms with van der Waals surface area (Å²) >= 11 is 0. The van der Waals surface area contributed by atoms with Gasteiger partial charge in [-0.3, -0.25) is 4.90 Å². The van der Waals surface area contributed by atoms with E-state index in [1.54, 1.807) is 0 Å². The predicted octanol–water partition coefficient (Wildman–Crippen LogP) is 1.85. The monoisotopic (exact) mass is 169 g/mol. The lowest BCUT2D eigenvalue weighted by atomic mass is 10.0. The van der Waals surface area contributed by atoms with Crippen molar-refractivity contribution < 1.29 is 4.74 Å². The standard InChI is InChI=1S/C10H19NO/c1-10(2,3)11-6-4-8-5-7-12-9(8)11/h8-9H,4-7H2,1-3H3/t8-,9+/m1/s1. The SMILES string of the molecule is CC(C)(C)N1CC[C@@H]2CCO[C@@H]21. The highest BCUT2D eigenvalue weighted by molar-refractivity contribution is 4.91. The minimum Gasteiger partial charge on any atom is -0.363 e. The van der Waals surface area contributed by atoms with Crippen molar-refractivity contribution in [2.75, 3.05) is 13.2 Å². The number of hydrogen-bond donors (Lipinski definition) is 0. The van der Waals surface area contributed by atoms with Crippen LogP contribution in [0.3, 0.4) is 0 Å². The van der Waals surface area contributed by atoms with Gasteiger partial charge >= 0.3 is 0 Å². The van der Waals surface area contributed by atoms with Crippen molar-refractivity contribution in [1.82, 2.24) is 4.90 Å². The number of ether oxygens (including phenoxy) is 1. The molecule has 0 aliphatic carbocycles. The smallest absolute Gasteiger partial charge is 0.113 e. The van der Waals surface area contributed by atoms with E-state index in [-0.39, 0.29) is 5.54 Å². The maximum atomic E-state index is 5.74. The van der Waals surface area contributed by atoms with Crippen molar-refractivity contribution >= 4 is 0 Å². The van der Waals surface area contributed by atoms with Gasteiger partial charge in [-0.2, -0.15) is 0 Å². The Kier molecular flexibility index (Phi) is 1.92. The van der Waals surface area contributed by atoms with Crippen LogP contribution in [0.1, 0.15) is 33.6 Å². The summed E-state index contributed by atoms with van der Waals surface area (Å²) in [5.41, 5.74) is 0.282. The fraction of sp³-hybridized carbons (Fsp3) is 1.00. The van der Waals surface area contributed by atoms with Crippen LogP contribution in [-0.2, 0) is 4.74 Å². The second-order valence-corrected chi connectivity index (χ2v) is 4.96. The van der Waals surface area contributed by atoms with Gasteiger partial charge in [-0.05, 0) is 33.6 Å². The summed E-state index contributed by atoms with van der Waals surface area (Å²) in [7, 11) is 0. The van der Waals surface area contributed by atoms with Crippen LogP contribution in [0.2, 0.25) is 0 Å². The van der Waals surface area contributed by atoms with E-state index < -0.39 is 0 Å². The normalized spacial score (nSPS) is 37.2. The summed E-state index contributed by atoms with van der Waals surface area (Å²) in [6.45, 7) is 9.02. The number of fused-ring (bicyclic) bond motifs is 1. The van der Waals surface area contributed by atoms with Crippen molar-refractivity contribution in [2.24, 2.45) is 5.92 Å². The first-order valence-corrected chi connectivity index (χ1v) is 4.97. The highest BCUT2D eigenvalue weighted by Crippen LogP contribution is 2.37. The van der Waals surface area contributed by atoms with Gasteiger partial charge in [-0.1, -0.05) is 0 Å². The average Bonchev–Trinajstić information content (AvgIpc) is 2.37. The van der Waals surface area contributed by atoms with Crippen molar-refractivity contribution in [2.45, 2.75) is 45.4 Å². The minimum atomic E-state index is 0.282. The van der Waals surface area contributed by atoms with Crippen LogP contribution in [0.25, 0.3) is 0 Å². The number of hydrogen-bond acceptors (Lipinski definition) is 2. The van der Waals surface area contributed by atoms with Gasteiger partial charge in [-0.25, -0.2) is 0 Å². The van der Waals surface area contributed by atoms with E-state index in [1.807, 2.05) is 0 Å². The molecule has 2 atom stereocenters. The van der Waals surface area contributed by atoms with Crippen LogP contribution in [0.4, 0.5) is 0 Å². The minimum absolute atomic E-state index is 0.282. The Morgan fingerprint density at radius 2 is 2.00 bits per heavy atom. The van der Waals surface area contributed by atoms with Crippen molar-refractivity contribution in [1.29, 1.82) is 0 Å². The third-order valence-electron chi connectivity index (χ3n) is 3.09. The van der Waals surface area contributed by atoms with Crippen LogP contribution in [0, 0.1) is 5.92 Å². The van der Waals surface area contributed by atoms with Crippen molar-refractivity contribution in [3.8, 4) is 0 Å². The van der Waals surface area contributed by atoms with Gasteiger partial charge in [0, 0.05) is 24.6 Å². The molecular formula is C10H19NO. The van der Waals surface area contributed by atoms with Crippen LogP contribution in [-0.4, -0.2) is 29.8 Å². The van der Waals surface area contributed by atoms with Crippen LogP contribution >= 0.6 is 0 Å². The Balaban J connectivity index is 2.09. The molecule has 0 radical (unpaired) electrons. The van der Waals surface area contributed by atoms with Gasteiger partial charge in [0.2, 0.25) is 0 Å². The zero-order chi connectivity index (χ0) is 8.77. The molecule has 0 aromatic carbocycles. The molecule has 0 saturated carbocycles. The summed E-state index contributed by atoms with van der Waals surface area (Å²) in [6, 6.07) is 0. The van der Waals surface area contributed by atoms with Crippen molar-refractivity contribution in [3.63, 3.8) is 0 Å². The zero-order valence-electron chi connectivity index (χ0n) is 8.34. The van der Waals surface area contributed by atoms with Gasteiger partial charge in [0.15, 0.2) is 0 Å². The average molecular weight is 169 g/mol. The number of likely N-dealkylation sites (tertiary alicyclic amines) is 1. The summed E-state index contributed by atoms with van der Waals surface area (Å²) in [6.07, 6.45) is 3.05. The summed E-state index contributed by atoms with van der Waals surface area (Å²) < 4.78 is 5.74. The van der Waals surface area contributed by atoms with E-state index in [2.05, 4.69) is 25.7 Å². The molecule has 2 rings (SSSR count). The first kappa shape index (κ1) is 8.52. The molecule has 70 valence electrons. The fourth-order valence-electron chi connectivity index (χ4n) is 2.40. The lowest BCUT2D eigenvalue weighted by molar-refractivity contribution is -0.0503. The first-order chi connectivity index (χ1) is 5.59. The van der Waals surface area contributed by atoms with E-state index in [9.17, 15) is 0 Å². The molecule has 2 nitrogen and oxygen atoms in total. The molecule has 0 spiro atoms. The lowest BCUT2D eigenvalue weighted by Crippen LogP contribution is -2.45. The number of nitrogens with zero attached hydrogens (tertiary/aromatic N) is 1. The largest absolute Gasteiger partial charge is 0.363 e. The molecule has 2 saturated heterocycles. The maximum absolute atomic E-state index is 5.74.